The molecule has 0 heterocycles. The molecule has 0 unspecified atom stereocenters. The maximum absolute atomic E-state index is 11.7. The van der Waals surface area contributed by atoms with E-state index in [1.54, 1.807) is 12.1 Å². The van der Waals surface area contributed by atoms with Crippen LogP contribution in [0.3, 0.4) is 0 Å². The fourth-order valence-electron chi connectivity index (χ4n) is 1.56. The summed E-state index contributed by atoms with van der Waals surface area (Å²) in [7, 11) is 0. The summed E-state index contributed by atoms with van der Waals surface area (Å²) < 4.78 is 0.802. The summed E-state index contributed by atoms with van der Waals surface area (Å²) in [5.41, 5.74) is 0.377. The molecule has 1 rings (SSSR count). The molecule has 0 saturated heterocycles. The Labute approximate surface area is 131 Å². The largest absolute Gasteiger partial charge is 0.478 e. The molecule has 20 heavy (non-hydrogen) atoms. The van der Waals surface area contributed by atoms with E-state index in [1.165, 1.54) is 6.07 Å². The van der Waals surface area contributed by atoms with Crippen molar-refractivity contribution in [3.8, 4) is 0 Å². The van der Waals surface area contributed by atoms with Crippen LogP contribution in [0.1, 0.15) is 23.7 Å². The molecule has 1 aromatic carbocycles. The van der Waals surface area contributed by atoms with Crippen LogP contribution in [0.25, 0.3) is 0 Å². The molecule has 0 atom stereocenters. The highest BCUT2D eigenvalue weighted by molar-refractivity contribution is 14.1. The van der Waals surface area contributed by atoms with E-state index in [0.717, 1.165) is 23.1 Å². The third kappa shape index (κ3) is 5.74. The van der Waals surface area contributed by atoms with Crippen molar-refractivity contribution in [3.05, 3.63) is 27.3 Å². The van der Waals surface area contributed by atoms with Crippen LogP contribution in [0.4, 0.5) is 10.5 Å². The molecule has 7 heteroatoms. The first-order valence-electron chi connectivity index (χ1n) is 6.33. The molecule has 0 saturated carbocycles. The van der Waals surface area contributed by atoms with Gasteiger partial charge in [0.1, 0.15) is 0 Å². The van der Waals surface area contributed by atoms with E-state index in [-0.39, 0.29) is 5.56 Å². The molecule has 0 aliphatic carbocycles. The summed E-state index contributed by atoms with van der Waals surface area (Å²) in [4.78, 5) is 22.8. The van der Waals surface area contributed by atoms with Gasteiger partial charge < -0.3 is 21.1 Å². The minimum absolute atomic E-state index is 0.0831. The average Bonchev–Trinajstić information content (AvgIpc) is 2.40. The van der Waals surface area contributed by atoms with Crippen LogP contribution in [0.5, 0.6) is 0 Å². The van der Waals surface area contributed by atoms with Crippen LogP contribution >= 0.6 is 22.6 Å². The van der Waals surface area contributed by atoms with Gasteiger partial charge in [-0.15, -0.1) is 0 Å². The van der Waals surface area contributed by atoms with Crippen LogP contribution in [0.2, 0.25) is 0 Å². The molecule has 4 N–H and O–H groups in total. The number of carboxylic acids is 1. The van der Waals surface area contributed by atoms with Gasteiger partial charge in [-0.25, -0.2) is 9.59 Å². The number of halogens is 1. The van der Waals surface area contributed by atoms with Crippen molar-refractivity contribution < 1.29 is 14.7 Å². The Hall–Kier alpha value is -1.35. The van der Waals surface area contributed by atoms with Gasteiger partial charge in [0.2, 0.25) is 0 Å². The van der Waals surface area contributed by atoms with Crippen molar-refractivity contribution in [3.63, 3.8) is 0 Å². The van der Waals surface area contributed by atoms with Gasteiger partial charge in [-0.2, -0.15) is 0 Å². The van der Waals surface area contributed by atoms with Crippen LogP contribution in [0, 0.1) is 3.57 Å². The smallest absolute Gasteiger partial charge is 0.337 e. The van der Waals surface area contributed by atoms with Gasteiger partial charge in [0.15, 0.2) is 0 Å². The molecule has 0 aromatic heterocycles. The molecule has 0 aliphatic rings. The zero-order valence-corrected chi connectivity index (χ0v) is 13.4. The molecular weight excluding hydrogens is 373 g/mol. The Balaban J connectivity index is 2.51. The highest BCUT2D eigenvalue weighted by Crippen LogP contribution is 2.18. The van der Waals surface area contributed by atoms with E-state index >= 15 is 0 Å². The molecule has 6 nitrogen and oxygen atoms in total. The average molecular weight is 391 g/mol. The van der Waals surface area contributed by atoms with Gasteiger partial charge >= 0.3 is 12.0 Å². The van der Waals surface area contributed by atoms with Gasteiger partial charge in [-0.1, -0.05) is 6.92 Å². The zero-order chi connectivity index (χ0) is 15.0. The molecule has 0 radical (unpaired) electrons. The molecule has 0 spiro atoms. The number of amides is 2. The SMILES string of the molecule is CCNCCCNC(=O)Nc1ccc(I)cc1C(=O)O. The number of carbonyl (C=O) groups excluding carboxylic acids is 1. The fraction of sp³-hybridized carbons (Fsp3) is 0.385. The van der Waals surface area contributed by atoms with Gasteiger partial charge in [-0.3, -0.25) is 0 Å². The monoisotopic (exact) mass is 391 g/mol. The first-order chi connectivity index (χ1) is 9.54. The van der Waals surface area contributed by atoms with Crippen LogP contribution in [-0.4, -0.2) is 36.7 Å². The third-order valence-electron chi connectivity index (χ3n) is 2.53. The normalized spacial score (nSPS) is 10.1. The molecule has 110 valence electrons. The molecule has 0 aliphatic heterocycles. The number of aromatic carboxylic acids is 1. The van der Waals surface area contributed by atoms with Crippen LogP contribution < -0.4 is 16.0 Å². The zero-order valence-electron chi connectivity index (χ0n) is 11.2. The van der Waals surface area contributed by atoms with Crippen molar-refractivity contribution in [2.24, 2.45) is 0 Å². The van der Waals surface area contributed by atoms with Crippen molar-refractivity contribution in [2.75, 3.05) is 25.0 Å². The van der Waals surface area contributed by atoms with E-state index in [4.69, 9.17) is 5.11 Å². The molecular formula is C13H18IN3O3. The summed E-state index contributed by atoms with van der Waals surface area (Å²) >= 11 is 2.03. The molecule has 0 bridgehead atoms. The van der Waals surface area contributed by atoms with Crippen molar-refractivity contribution in [2.45, 2.75) is 13.3 Å². The fourth-order valence-corrected chi connectivity index (χ4v) is 2.05. The number of hydrogen-bond acceptors (Lipinski definition) is 3. The molecule has 1 aromatic rings. The van der Waals surface area contributed by atoms with Gasteiger partial charge in [0.25, 0.3) is 0 Å². The summed E-state index contributed by atoms with van der Waals surface area (Å²) in [5.74, 6) is -1.06. The number of rotatable bonds is 7. The number of benzene rings is 1. The highest BCUT2D eigenvalue weighted by atomic mass is 127. The van der Waals surface area contributed by atoms with E-state index in [2.05, 4.69) is 16.0 Å². The van der Waals surface area contributed by atoms with E-state index in [1.807, 2.05) is 29.5 Å². The van der Waals surface area contributed by atoms with E-state index in [0.29, 0.717) is 12.2 Å². The Kier molecular flexibility index (Phi) is 7.31. The quantitative estimate of drug-likeness (QED) is 0.424. The Morgan fingerprint density at radius 1 is 1.30 bits per heavy atom. The molecule has 0 fully saturated rings. The standard InChI is InChI=1S/C13H18IN3O3/c1-2-15-6-3-7-16-13(20)17-11-5-4-9(14)8-10(11)12(18)19/h4-5,8,15H,2-3,6-7H2,1H3,(H,18,19)(H2,16,17,20). The first-order valence-corrected chi connectivity index (χ1v) is 7.41. The maximum atomic E-state index is 11.7. The number of carboxylic acid groups (broad SMARTS) is 1. The number of hydrogen-bond donors (Lipinski definition) is 4. The summed E-state index contributed by atoms with van der Waals surface area (Å²) in [5, 5.41) is 17.5. The Morgan fingerprint density at radius 2 is 2.05 bits per heavy atom. The van der Waals surface area contributed by atoms with Crippen molar-refractivity contribution in [1.82, 2.24) is 10.6 Å². The first kappa shape index (κ1) is 16.7. The third-order valence-corrected chi connectivity index (χ3v) is 3.20. The lowest BCUT2D eigenvalue weighted by Gasteiger charge is -2.10. The van der Waals surface area contributed by atoms with Crippen LogP contribution in [0.15, 0.2) is 18.2 Å². The lowest BCUT2D eigenvalue weighted by Crippen LogP contribution is -2.31. The predicted octanol–water partition coefficient (Wildman–Crippen LogP) is 2.11. The number of nitrogens with one attached hydrogen (secondary N) is 3. The van der Waals surface area contributed by atoms with Crippen LogP contribution in [-0.2, 0) is 0 Å². The minimum Gasteiger partial charge on any atom is -0.478 e. The minimum atomic E-state index is -1.06. The second-order valence-electron chi connectivity index (χ2n) is 4.08. The number of anilines is 1. The number of carbonyl (C=O) groups is 2. The molecule has 2 amide bonds. The second-order valence-corrected chi connectivity index (χ2v) is 5.33. The van der Waals surface area contributed by atoms with Crippen molar-refractivity contribution >= 4 is 40.3 Å². The van der Waals surface area contributed by atoms with Gasteiger partial charge in [0.05, 0.1) is 11.3 Å². The van der Waals surface area contributed by atoms with Gasteiger partial charge in [-0.05, 0) is 60.3 Å². The predicted molar refractivity (Wildman–Crippen MR) is 86.3 cm³/mol. The maximum Gasteiger partial charge on any atom is 0.337 e. The topological polar surface area (TPSA) is 90.5 Å². The van der Waals surface area contributed by atoms with E-state index < -0.39 is 12.0 Å². The summed E-state index contributed by atoms with van der Waals surface area (Å²) in [6, 6.07) is 4.45. The second kappa shape index (κ2) is 8.75. The lowest BCUT2D eigenvalue weighted by molar-refractivity contribution is 0.0698. The number of urea groups is 1. The van der Waals surface area contributed by atoms with E-state index in [9.17, 15) is 9.59 Å². The highest BCUT2D eigenvalue weighted by Gasteiger charge is 2.12. The summed E-state index contributed by atoms with van der Waals surface area (Å²) in [6.45, 7) is 4.29. The van der Waals surface area contributed by atoms with Gasteiger partial charge in [0, 0.05) is 10.1 Å². The lowest BCUT2D eigenvalue weighted by atomic mass is 10.2. The summed E-state index contributed by atoms with van der Waals surface area (Å²) in [6.07, 6.45) is 0.819. The van der Waals surface area contributed by atoms with Crippen molar-refractivity contribution in [1.29, 1.82) is 0 Å². The Morgan fingerprint density at radius 3 is 2.70 bits per heavy atom. The Bertz CT molecular complexity index is 480.